The molecule has 0 spiro atoms. The number of hydrogen-bond donors (Lipinski definition) is 1. The smallest absolute Gasteiger partial charge is 0.257 e. The van der Waals surface area contributed by atoms with E-state index in [9.17, 15) is 5.11 Å². The van der Waals surface area contributed by atoms with Crippen LogP contribution in [0, 0.1) is 0 Å². The highest BCUT2D eigenvalue weighted by Gasteiger charge is 2.15. The summed E-state index contributed by atoms with van der Waals surface area (Å²) in [4.78, 5) is 4.41. The Bertz CT molecular complexity index is 547. The van der Waals surface area contributed by atoms with Crippen LogP contribution in [0.1, 0.15) is 37.9 Å². The molecule has 1 fully saturated rings. The number of phenolic OH excluding ortho intramolecular Hbond substituents is 1. The first-order chi connectivity index (χ1) is 9.81. The Hall–Kier alpha value is -1.49. The molecule has 1 aromatic carbocycles. The molecule has 3 rings (SSSR count). The largest absolute Gasteiger partial charge is 0.508 e. The maximum absolute atomic E-state index is 9.27. The Labute approximate surface area is 122 Å². The van der Waals surface area contributed by atoms with Crippen LogP contribution in [0.2, 0.25) is 0 Å². The zero-order chi connectivity index (χ0) is 13.8. The first kappa shape index (κ1) is 13.5. The first-order valence-electron chi connectivity index (χ1n) is 7.05. The van der Waals surface area contributed by atoms with Gasteiger partial charge in [-0.3, -0.25) is 0 Å². The van der Waals surface area contributed by atoms with Crippen LogP contribution in [-0.2, 0) is 5.75 Å². The van der Waals surface area contributed by atoms with E-state index in [4.69, 9.17) is 4.52 Å². The summed E-state index contributed by atoms with van der Waals surface area (Å²) in [6.07, 6.45) is 6.70. The van der Waals surface area contributed by atoms with Gasteiger partial charge in [-0.05, 0) is 37.1 Å². The number of phenols is 1. The quantitative estimate of drug-likeness (QED) is 0.922. The van der Waals surface area contributed by atoms with E-state index >= 15 is 0 Å². The topological polar surface area (TPSA) is 59.2 Å². The van der Waals surface area contributed by atoms with Crippen LogP contribution in [0.4, 0.5) is 0 Å². The Morgan fingerprint density at radius 3 is 2.65 bits per heavy atom. The number of aromatic nitrogens is 2. The SMILES string of the molecule is Oc1ccc(-c2nc(CSC3CCCCC3)no2)cc1. The molecule has 1 aliphatic rings. The lowest BCUT2D eigenvalue weighted by molar-refractivity contribution is 0.425. The van der Waals surface area contributed by atoms with Gasteiger partial charge in [-0.25, -0.2) is 0 Å². The van der Waals surface area contributed by atoms with Gasteiger partial charge in [-0.1, -0.05) is 24.4 Å². The number of rotatable bonds is 4. The molecule has 1 aromatic heterocycles. The van der Waals surface area contributed by atoms with Crippen molar-refractivity contribution in [3.63, 3.8) is 0 Å². The Morgan fingerprint density at radius 2 is 1.90 bits per heavy atom. The molecular formula is C15H18N2O2S. The van der Waals surface area contributed by atoms with Gasteiger partial charge < -0.3 is 9.63 Å². The van der Waals surface area contributed by atoms with Crippen LogP contribution in [0.15, 0.2) is 28.8 Å². The third kappa shape index (κ3) is 3.33. The fraction of sp³-hybridized carbons (Fsp3) is 0.467. The van der Waals surface area contributed by atoms with Crippen LogP contribution < -0.4 is 0 Å². The predicted octanol–water partition coefficient (Wildman–Crippen LogP) is 4.01. The molecule has 4 nitrogen and oxygen atoms in total. The van der Waals surface area contributed by atoms with Gasteiger partial charge in [0.2, 0.25) is 0 Å². The van der Waals surface area contributed by atoms with E-state index in [0.29, 0.717) is 5.89 Å². The summed E-state index contributed by atoms with van der Waals surface area (Å²) in [6, 6.07) is 6.80. The minimum absolute atomic E-state index is 0.237. The highest BCUT2D eigenvalue weighted by Crippen LogP contribution is 2.30. The standard InChI is InChI=1S/C15H18N2O2S/c18-12-8-6-11(7-9-12)15-16-14(17-19-15)10-20-13-4-2-1-3-5-13/h6-9,13,18H,1-5,10H2. The van der Waals surface area contributed by atoms with Crippen molar-refractivity contribution in [3.8, 4) is 17.2 Å². The maximum Gasteiger partial charge on any atom is 0.257 e. The van der Waals surface area contributed by atoms with Crippen molar-refractivity contribution in [1.29, 1.82) is 0 Å². The minimum atomic E-state index is 0.237. The van der Waals surface area contributed by atoms with Gasteiger partial charge in [-0.15, -0.1) is 0 Å². The zero-order valence-electron chi connectivity index (χ0n) is 11.3. The third-order valence-electron chi connectivity index (χ3n) is 3.58. The highest BCUT2D eigenvalue weighted by molar-refractivity contribution is 7.99. The number of thioether (sulfide) groups is 1. The summed E-state index contributed by atoms with van der Waals surface area (Å²) in [7, 11) is 0. The van der Waals surface area contributed by atoms with Gasteiger partial charge in [0.05, 0.1) is 5.75 Å². The maximum atomic E-state index is 9.27. The molecule has 1 heterocycles. The monoisotopic (exact) mass is 290 g/mol. The molecule has 1 N–H and O–H groups in total. The molecular weight excluding hydrogens is 272 g/mol. The molecule has 0 amide bonds. The van der Waals surface area contributed by atoms with Crippen molar-refractivity contribution < 1.29 is 9.63 Å². The van der Waals surface area contributed by atoms with E-state index < -0.39 is 0 Å². The average Bonchev–Trinajstić information content (AvgIpc) is 2.96. The first-order valence-corrected chi connectivity index (χ1v) is 8.10. The fourth-order valence-electron chi connectivity index (χ4n) is 2.46. The molecule has 2 aromatic rings. The minimum Gasteiger partial charge on any atom is -0.508 e. The number of benzene rings is 1. The van der Waals surface area contributed by atoms with E-state index in [1.807, 2.05) is 11.8 Å². The van der Waals surface area contributed by atoms with Crippen molar-refractivity contribution in [2.75, 3.05) is 0 Å². The van der Waals surface area contributed by atoms with E-state index in [1.165, 1.54) is 32.1 Å². The molecule has 106 valence electrons. The van der Waals surface area contributed by atoms with Crippen LogP contribution in [-0.4, -0.2) is 20.5 Å². The summed E-state index contributed by atoms with van der Waals surface area (Å²) in [5, 5.41) is 14.0. The number of hydrogen-bond acceptors (Lipinski definition) is 5. The average molecular weight is 290 g/mol. The van der Waals surface area contributed by atoms with E-state index in [2.05, 4.69) is 10.1 Å². The highest BCUT2D eigenvalue weighted by atomic mass is 32.2. The third-order valence-corrected chi connectivity index (χ3v) is 4.95. The molecule has 0 bridgehead atoms. The molecule has 20 heavy (non-hydrogen) atoms. The summed E-state index contributed by atoms with van der Waals surface area (Å²) in [6.45, 7) is 0. The van der Waals surface area contributed by atoms with Gasteiger partial charge >= 0.3 is 0 Å². The molecule has 0 saturated heterocycles. The van der Waals surface area contributed by atoms with Crippen molar-refractivity contribution in [2.45, 2.75) is 43.1 Å². The Kier molecular flexibility index (Phi) is 4.25. The second kappa shape index (κ2) is 6.31. The van der Waals surface area contributed by atoms with Crippen molar-refractivity contribution in [1.82, 2.24) is 10.1 Å². The van der Waals surface area contributed by atoms with Gasteiger partial charge in [0.15, 0.2) is 5.82 Å². The van der Waals surface area contributed by atoms with Crippen LogP contribution in [0.5, 0.6) is 5.75 Å². The molecule has 0 atom stereocenters. The van der Waals surface area contributed by atoms with E-state index in [-0.39, 0.29) is 5.75 Å². The second-order valence-corrected chi connectivity index (χ2v) is 6.42. The van der Waals surface area contributed by atoms with Gasteiger partial charge in [-0.2, -0.15) is 16.7 Å². The molecule has 0 radical (unpaired) electrons. The second-order valence-electron chi connectivity index (χ2n) is 5.13. The fourth-order valence-corrected chi connectivity index (χ4v) is 3.63. The Balaban J connectivity index is 1.60. The van der Waals surface area contributed by atoms with Gasteiger partial charge in [0.25, 0.3) is 5.89 Å². The van der Waals surface area contributed by atoms with Gasteiger partial charge in [0.1, 0.15) is 5.75 Å². The van der Waals surface area contributed by atoms with Crippen molar-refractivity contribution in [3.05, 3.63) is 30.1 Å². The molecule has 0 unspecified atom stereocenters. The number of aromatic hydroxyl groups is 1. The summed E-state index contributed by atoms with van der Waals surface area (Å²) >= 11 is 1.94. The van der Waals surface area contributed by atoms with Crippen LogP contribution in [0.3, 0.4) is 0 Å². The Morgan fingerprint density at radius 1 is 1.15 bits per heavy atom. The van der Waals surface area contributed by atoms with Gasteiger partial charge in [0, 0.05) is 10.8 Å². The lowest BCUT2D eigenvalue weighted by atomic mass is 10.0. The van der Waals surface area contributed by atoms with Crippen LogP contribution in [0.25, 0.3) is 11.5 Å². The molecule has 0 aliphatic heterocycles. The van der Waals surface area contributed by atoms with E-state index in [1.54, 1.807) is 24.3 Å². The summed E-state index contributed by atoms with van der Waals surface area (Å²) < 4.78 is 5.27. The lowest BCUT2D eigenvalue weighted by Crippen LogP contribution is -2.08. The molecule has 1 saturated carbocycles. The zero-order valence-corrected chi connectivity index (χ0v) is 12.1. The lowest BCUT2D eigenvalue weighted by Gasteiger charge is -2.19. The van der Waals surface area contributed by atoms with Crippen molar-refractivity contribution in [2.24, 2.45) is 0 Å². The molecule has 1 aliphatic carbocycles. The van der Waals surface area contributed by atoms with Crippen molar-refractivity contribution >= 4 is 11.8 Å². The predicted molar refractivity (Wildman–Crippen MR) is 79.6 cm³/mol. The molecule has 5 heteroatoms. The normalized spacial score (nSPS) is 16.4. The summed E-state index contributed by atoms with van der Waals surface area (Å²) in [5.41, 5.74) is 0.837. The van der Waals surface area contributed by atoms with E-state index in [0.717, 1.165) is 22.4 Å². The van der Waals surface area contributed by atoms with Crippen LogP contribution >= 0.6 is 11.8 Å². The summed E-state index contributed by atoms with van der Waals surface area (Å²) in [5.74, 6) is 2.32. The number of nitrogens with zero attached hydrogens (tertiary/aromatic N) is 2.